The van der Waals surface area contributed by atoms with Gasteiger partial charge in [-0.2, -0.15) is 4.98 Å². The standard InChI is InChI=1S/C21H16F2N4/c1-13-6-9-15(10-7-13)24-20-16-4-2-3-5-18(16)25-21(27-20)26-19-11-8-14(22)12-17(19)23/h2-12H,1H3,(H2,24,25,26,27). The highest BCUT2D eigenvalue weighted by atomic mass is 19.1. The molecule has 2 N–H and O–H groups in total. The lowest BCUT2D eigenvalue weighted by atomic mass is 10.2. The number of hydrogen-bond acceptors (Lipinski definition) is 4. The van der Waals surface area contributed by atoms with Gasteiger partial charge in [0.1, 0.15) is 17.5 Å². The lowest BCUT2D eigenvalue weighted by Crippen LogP contribution is -2.03. The molecule has 0 saturated carbocycles. The van der Waals surface area contributed by atoms with Crippen molar-refractivity contribution in [3.05, 3.63) is 83.9 Å². The van der Waals surface area contributed by atoms with E-state index in [2.05, 4.69) is 20.6 Å². The van der Waals surface area contributed by atoms with E-state index >= 15 is 0 Å². The molecule has 0 bridgehead atoms. The lowest BCUT2D eigenvalue weighted by Gasteiger charge is -2.12. The molecular weight excluding hydrogens is 346 g/mol. The highest BCUT2D eigenvalue weighted by Gasteiger charge is 2.10. The average molecular weight is 362 g/mol. The van der Waals surface area contributed by atoms with Crippen LogP contribution in [0.25, 0.3) is 10.9 Å². The van der Waals surface area contributed by atoms with E-state index in [4.69, 9.17) is 0 Å². The maximum Gasteiger partial charge on any atom is 0.229 e. The first-order valence-corrected chi connectivity index (χ1v) is 8.41. The number of benzene rings is 3. The van der Waals surface area contributed by atoms with Gasteiger partial charge in [-0.1, -0.05) is 29.8 Å². The van der Waals surface area contributed by atoms with E-state index in [1.807, 2.05) is 55.5 Å². The number of para-hydroxylation sites is 1. The van der Waals surface area contributed by atoms with E-state index in [-0.39, 0.29) is 11.6 Å². The fourth-order valence-electron chi connectivity index (χ4n) is 2.71. The second kappa shape index (κ2) is 6.99. The van der Waals surface area contributed by atoms with Gasteiger partial charge in [0.2, 0.25) is 5.95 Å². The van der Waals surface area contributed by atoms with Crippen LogP contribution in [-0.4, -0.2) is 9.97 Å². The highest BCUT2D eigenvalue weighted by Crippen LogP contribution is 2.27. The maximum absolute atomic E-state index is 14.0. The van der Waals surface area contributed by atoms with Crippen molar-refractivity contribution in [2.45, 2.75) is 6.92 Å². The van der Waals surface area contributed by atoms with Crippen molar-refractivity contribution in [1.29, 1.82) is 0 Å². The van der Waals surface area contributed by atoms with E-state index in [0.29, 0.717) is 11.3 Å². The van der Waals surface area contributed by atoms with Crippen molar-refractivity contribution in [1.82, 2.24) is 9.97 Å². The molecule has 1 aromatic heterocycles. The molecule has 0 aliphatic carbocycles. The molecule has 0 unspecified atom stereocenters. The summed E-state index contributed by atoms with van der Waals surface area (Å²) in [6.45, 7) is 2.02. The minimum atomic E-state index is -0.709. The second-order valence-corrected chi connectivity index (χ2v) is 6.15. The third-order valence-corrected chi connectivity index (χ3v) is 4.10. The van der Waals surface area contributed by atoms with Gasteiger partial charge in [-0.05, 0) is 43.3 Å². The summed E-state index contributed by atoms with van der Waals surface area (Å²) in [7, 11) is 0. The molecule has 0 atom stereocenters. The van der Waals surface area contributed by atoms with E-state index in [0.717, 1.165) is 22.7 Å². The average Bonchev–Trinajstić information content (AvgIpc) is 2.66. The van der Waals surface area contributed by atoms with Crippen molar-refractivity contribution in [2.75, 3.05) is 10.6 Å². The topological polar surface area (TPSA) is 49.8 Å². The van der Waals surface area contributed by atoms with Gasteiger partial charge in [0, 0.05) is 17.1 Å². The van der Waals surface area contributed by atoms with Gasteiger partial charge in [-0.25, -0.2) is 13.8 Å². The van der Waals surface area contributed by atoms with Crippen LogP contribution >= 0.6 is 0 Å². The normalized spacial score (nSPS) is 10.8. The third kappa shape index (κ3) is 3.69. The zero-order chi connectivity index (χ0) is 18.8. The molecule has 134 valence electrons. The Balaban J connectivity index is 1.74. The molecule has 4 aromatic rings. The zero-order valence-corrected chi connectivity index (χ0v) is 14.5. The summed E-state index contributed by atoms with van der Waals surface area (Å²) in [5.74, 6) is -0.540. The Morgan fingerprint density at radius 1 is 0.815 bits per heavy atom. The Morgan fingerprint density at radius 2 is 1.59 bits per heavy atom. The van der Waals surface area contributed by atoms with E-state index < -0.39 is 11.6 Å². The van der Waals surface area contributed by atoms with Gasteiger partial charge in [0.15, 0.2) is 0 Å². The molecule has 0 radical (unpaired) electrons. The van der Waals surface area contributed by atoms with Crippen LogP contribution in [0.3, 0.4) is 0 Å². The van der Waals surface area contributed by atoms with E-state index in [9.17, 15) is 8.78 Å². The Kier molecular flexibility index (Phi) is 4.38. The Labute approximate surface area is 154 Å². The molecule has 0 saturated heterocycles. The molecule has 3 aromatic carbocycles. The SMILES string of the molecule is Cc1ccc(Nc2nc(Nc3ccc(F)cc3F)nc3ccccc23)cc1. The number of halogens is 2. The monoisotopic (exact) mass is 362 g/mol. The smallest absolute Gasteiger partial charge is 0.229 e. The molecule has 4 rings (SSSR count). The predicted octanol–water partition coefficient (Wildman–Crippen LogP) is 5.70. The number of anilines is 4. The van der Waals surface area contributed by atoms with Crippen molar-refractivity contribution in [3.8, 4) is 0 Å². The number of hydrogen-bond donors (Lipinski definition) is 2. The zero-order valence-electron chi connectivity index (χ0n) is 14.5. The summed E-state index contributed by atoms with van der Waals surface area (Å²) in [4.78, 5) is 8.91. The van der Waals surface area contributed by atoms with Crippen LogP contribution in [0.1, 0.15) is 5.56 Å². The number of nitrogens with one attached hydrogen (secondary N) is 2. The summed E-state index contributed by atoms with van der Waals surface area (Å²) >= 11 is 0. The summed E-state index contributed by atoms with van der Waals surface area (Å²) < 4.78 is 27.1. The van der Waals surface area contributed by atoms with Crippen molar-refractivity contribution in [3.63, 3.8) is 0 Å². The molecule has 0 aliphatic rings. The van der Waals surface area contributed by atoms with Gasteiger partial charge >= 0.3 is 0 Å². The minimum absolute atomic E-state index is 0.105. The van der Waals surface area contributed by atoms with Gasteiger partial charge < -0.3 is 10.6 Å². The predicted molar refractivity (Wildman–Crippen MR) is 104 cm³/mol. The first-order chi connectivity index (χ1) is 13.1. The Morgan fingerprint density at radius 3 is 2.37 bits per heavy atom. The Hall–Kier alpha value is -3.54. The van der Waals surface area contributed by atoms with Gasteiger partial charge in [-0.3, -0.25) is 0 Å². The highest BCUT2D eigenvalue weighted by molar-refractivity contribution is 5.92. The largest absolute Gasteiger partial charge is 0.340 e. The van der Waals surface area contributed by atoms with E-state index in [1.54, 1.807) is 0 Å². The minimum Gasteiger partial charge on any atom is -0.340 e. The van der Waals surface area contributed by atoms with Crippen LogP contribution < -0.4 is 10.6 Å². The first kappa shape index (κ1) is 16.9. The van der Waals surface area contributed by atoms with Crippen molar-refractivity contribution < 1.29 is 8.78 Å². The third-order valence-electron chi connectivity index (χ3n) is 4.10. The number of rotatable bonds is 4. The van der Waals surface area contributed by atoms with Gasteiger partial charge in [0.05, 0.1) is 11.2 Å². The number of fused-ring (bicyclic) bond motifs is 1. The summed E-state index contributed by atoms with van der Waals surface area (Å²) in [6.07, 6.45) is 0. The van der Waals surface area contributed by atoms with Gasteiger partial charge in [0.25, 0.3) is 0 Å². The van der Waals surface area contributed by atoms with Crippen LogP contribution in [0.4, 0.5) is 31.9 Å². The molecular formula is C21H16F2N4. The summed E-state index contributed by atoms with van der Waals surface area (Å²) in [5, 5.41) is 6.94. The maximum atomic E-state index is 14.0. The van der Waals surface area contributed by atoms with Gasteiger partial charge in [-0.15, -0.1) is 0 Å². The quantitative estimate of drug-likeness (QED) is 0.489. The van der Waals surface area contributed by atoms with Crippen LogP contribution in [-0.2, 0) is 0 Å². The number of aryl methyl sites for hydroxylation is 1. The number of nitrogens with zero attached hydrogens (tertiary/aromatic N) is 2. The fourth-order valence-corrected chi connectivity index (χ4v) is 2.71. The molecule has 0 aliphatic heterocycles. The fraction of sp³-hybridized carbons (Fsp3) is 0.0476. The van der Waals surface area contributed by atoms with Crippen LogP contribution in [0.2, 0.25) is 0 Å². The molecule has 0 spiro atoms. The van der Waals surface area contributed by atoms with Crippen LogP contribution in [0.5, 0.6) is 0 Å². The van der Waals surface area contributed by atoms with Crippen LogP contribution in [0.15, 0.2) is 66.7 Å². The molecule has 27 heavy (non-hydrogen) atoms. The molecule has 0 amide bonds. The lowest BCUT2D eigenvalue weighted by molar-refractivity contribution is 0.586. The second-order valence-electron chi connectivity index (χ2n) is 6.15. The molecule has 4 nitrogen and oxygen atoms in total. The first-order valence-electron chi connectivity index (χ1n) is 8.41. The van der Waals surface area contributed by atoms with Crippen molar-refractivity contribution >= 4 is 34.0 Å². The molecule has 0 fully saturated rings. The summed E-state index contributed by atoms with van der Waals surface area (Å²) in [5.41, 5.74) is 2.84. The number of aromatic nitrogens is 2. The molecule has 6 heteroatoms. The Bertz CT molecular complexity index is 1110. The van der Waals surface area contributed by atoms with Crippen LogP contribution in [0, 0.1) is 18.6 Å². The summed E-state index contributed by atoms with van der Waals surface area (Å²) in [6, 6.07) is 18.8. The van der Waals surface area contributed by atoms with Crippen molar-refractivity contribution in [2.24, 2.45) is 0 Å². The van der Waals surface area contributed by atoms with E-state index in [1.165, 1.54) is 12.1 Å². The molecule has 1 heterocycles.